The number of halogens is 1. The number of para-hydroxylation sites is 1. The Bertz CT molecular complexity index is 636. The summed E-state index contributed by atoms with van der Waals surface area (Å²) in [6, 6.07) is 7.61. The molecule has 1 aliphatic heterocycles. The van der Waals surface area contributed by atoms with Gasteiger partial charge in [0.05, 0.1) is 17.1 Å². The van der Waals surface area contributed by atoms with Gasteiger partial charge in [-0.15, -0.1) is 0 Å². The predicted molar refractivity (Wildman–Crippen MR) is 71.9 cm³/mol. The molecule has 98 valence electrons. The van der Waals surface area contributed by atoms with E-state index < -0.39 is 0 Å². The van der Waals surface area contributed by atoms with E-state index in [0.29, 0.717) is 23.9 Å². The fourth-order valence-corrected chi connectivity index (χ4v) is 2.63. The second-order valence-electron chi connectivity index (χ2n) is 4.42. The van der Waals surface area contributed by atoms with Crippen molar-refractivity contribution < 1.29 is 9.53 Å². The third kappa shape index (κ3) is 1.92. The zero-order chi connectivity index (χ0) is 13.4. The minimum atomic E-state index is -0.296. The van der Waals surface area contributed by atoms with Gasteiger partial charge >= 0.3 is 0 Å². The van der Waals surface area contributed by atoms with Gasteiger partial charge in [0.15, 0.2) is 5.78 Å². The molecule has 4 nitrogen and oxygen atoms in total. The minimum Gasteiger partial charge on any atom is -0.492 e. The number of carbonyl (C=O) groups excluding carboxylic acids is 1. The Morgan fingerprint density at radius 1 is 1.53 bits per heavy atom. The van der Waals surface area contributed by atoms with E-state index in [1.165, 1.54) is 6.20 Å². The Balaban J connectivity index is 2.00. The highest BCUT2D eigenvalue weighted by Gasteiger charge is 2.33. The molecule has 0 spiro atoms. The van der Waals surface area contributed by atoms with E-state index in [2.05, 4.69) is 5.10 Å². The van der Waals surface area contributed by atoms with Gasteiger partial charge in [-0.2, -0.15) is 5.10 Å². The first-order valence-electron chi connectivity index (χ1n) is 6.19. The summed E-state index contributed by atoms with van der Waals surface area (Å²) in [5.41, 5.74) is 1.39. The van der Waals surface area contributed by atoms with Crippen molar-refractivity contribution in [2.24, 2.45) is 0 Å². The van der Waals surface area contributed by atoms with Crippen LogP contribution >= 0.6 is 11.6 Å². The molecule has 2 aromatic rings. The molecule has 0 saturated heterocycles. The summed E-state index contributed by atoms with van der Waals surface area (Å²) in [5.74, 6) is 0.449. The SMILES string of the molecule is CCn1ncc(Cl)c1C(=O)C1COc2ccccc21. The van der Waals surface area contributed by atoms with Gasteiger partial charge in [-0.1, -0.05) is 29.8 Å². The third-order valence-corrected chi connectivity index (χ3v) is 3.62. The summed E-state index contributed by atoms with van der Waals surface area (Å²) in [4.78, 5) is 12.6. The molecule has 0 fully saturated rings. The molecular formula is C14H13ClN2O2. The average molecular weight is 277 g/mol. The van der Waals surface area contributed by atoms with Gasteiger partial charge in [0.1, 0.15) is 18.1 Å². The zero-order valence-corrected chi connectivity index (χ0v) is 11.2. The number of fused-ring (bicyclic) bond motifs is 1. The fraction of sp³-hybridized carbons (Fsp3) is 0.286. The largest absolute Gasteiger partial charge is 0.492 e. The Labute approximate surface area is 115 Å². The summed E-state index contributed by atoms with van der Waals surface area (Å²) in [5, 5.41) is 4.51. The topological polar surface area (TPSA) is 44.1 Å². The maximum absolute atomic E-state index is 12.6. The number of carbonyl (C=O) groups is 1. The number of aryl methyl sites for hydroxylation is 1. The maximum atomic E-state index is 12.6. The van der Waals surface area contributed by atoms with E-state index in [1.807, 2.05) is 31.2 Å². The quantitative estimate of drug-likeness (QED) is 0.810. The standard InChI is InChI=1S/C14H13ClN2O2/c1-2-17-13(11(15)7-16-17)14(18)10-8-19-12-6-4-3-5-9(10)12/h3-7,10H,2,8H2,1H3. The summed E-state index contributed by atoms with van der Waals surface area (Å²) >= 11 is 6.08. The van der Waals surface area contributed by atoms with Gasteiger partial charge in [0, 0.05) is 12.1 Å². The van der Waals surface area contributed by atoms with Crippen molar-refractivity contribution in [2.75, 3.05) is 6.61 Å². The summed E-state index contributed by atoms with van der Waals surface area (Å²) < 4.78 is 7.18. The molecule has 0 amide bonds. The highest BCUT2D eigenvalue weighted by molar-refractivity contribution is 6.33. The Morgan fingerprint density at radius 2 is 2.32 bits per heavy atom. The van der Waals surface area contributed by atoms with Crippen LogP contribution in [0.2, 0.25) is 5.02 Å². The lowest BCUT2D eigenvalue weighted by atomic mass is 9.95. The smallest absolute Gasteiger partial charge is 0.193 e. The predicted octanol–water partition coefficient (Wildman–Crippen LogP) is 2.92. The van der Waals surface area contributed by atoms with Crippen LogP contribution in [0, 0.1) is 0 Å². The number of hydrogen-bond donors (Lipinski definition) is 0. The highest BCUT2D eigenvalue weighted by atomic mass is 35.5. The fourth-order valence-electron chi connectivity index (χ4n) is 2.39. The summed E-state index contributed by atoms with van der Waals surface area (Å²) in [6.45, 7) is 2.91. The lowest BCUT2D eigenvalue weighted by Crippen LogP contribution is -2.19. The second kappa shape index (κ2) is 4.70. The van der Waals surface area contributed by atoms with Crippen LogP contribution in [0.4, 0.5) is 0 Å². The molecular weight excluding hydrogens is 264 g/mol. The number of hydrogen-bond acceptors (Lipinski definition) is 3. The molecule has 1 unspecified atom stereocenters. The Hall–Kier alpha value is -1.81. The van der Waals surface area contributed by atoms with Gasteiger partial charge in [0.25, 0.3) is 0 Å². The van der Waals surface area contributed by atoms with Crippen LogP contribution < -0.4 is 4.74 Å². The number of ketones is 1. The highest BCUT2D eigenvalue weighted by Crippen LogP contribution is 2.36. The number of rotatable bonds is 3. The number of ether oxygens (including phenoxy) is 1. The molecule has 3 rings (SSSR count). The molecule has 5 heteroatoms. The lowest BCUT2D eigenvalue weighted by molar-refractivity contribution is 0.0937. The van der Waals surface area contributed by atoms with Gasteiger partial charge in [-0.25, -0.2) is 0 Å². The van der Waals surface area contributed by atoms with Gasteiger partial charge in [-0.3, -0.25) is 9.48 Å². The van der Waals surface area contributed by atoms with Crippen molar-refractivity contribution in [3.63, 3.8) is 0 Å². The van der Waals surface area contributed by atoms with Gasteiger partial charge < -0.3 is 4.74 Å². The maximum Gasteiger partial charge on any atom is 0.193 e. The number of benzene rings is 1. The van der Waals surface area contributed by atoms with Crippen LogP contribution in [0.3, 0.4) is 0 Å². The Morgan fingerprint density at radius 3 is 3.11 bits per heavy atom. The average Bonchev–Trinajstić information content (AvgIpc) is 3.01. The zero-order valence-electron chi connectivity index (χ0n) is 10.5. The molecule has 2 heterocycles. The van der Waals surface area contributed by atoms with E-state index in [0.717, 1.165) is 11.3 Å². The van der Waals surface area contributed by atoms with E-state index in [4.69, 9.17) is 16.3 Å². The Kier molecular flexibility index (Phi) is 3.03. The first-order valence-corrected chi connectivity index (χ1v) is 6.57. The van der Waals surface area contributed by atoms with Crippen molar-refractivity contribution >= 4 is 17.4 Å². The van der Waals surface area contributed by atoms with Crippen LogP contribution in [0.25, 0.3) is 0 Å². The monoisotopic (exact) mass is 276 g/mol. The summed E-state index contributed by atoms with van der Waals surface area (Å²) in [6.07, 6.45) is 1.51. The molecule has 1 aromatic carbocycles. The van der Waals surface area contributed by atoms with E-state index in [1.54, 1.807) is 4.68 Å². The van der Waals surface area contributed by atoms with Crippen molar-refractivity contribution in [2.45, 2.75) is 19.4 Å². The number of aromatic nitrogens is 2. The molecule has 1 atom stereocenters. The van der Waals surface area contributed by atoms with E-state index in [-0.39, 0.29) is 11.7 Å². The van der Waals surface area contributed by atoms with Crippen LogP contribution in [0.1, 0.15) is 28.9 Å². The van der Waals surface area contributed by atoms with E-state index >= 15 is 0 Å². The molecule has 1 aromatic heterocycles. The number of Topliss-reactive ketones (excluding diaryl/α,β-unsaturated/α-hetero) is 1. The second-order valence-corrected chi connectivity index (χ2v) is 4.83. The van der Waals surface area contributed by atoms with Gasteiger partial charge in [-0.05, 0) is 13.0 Å². The van der Waals surface area contributed by atoms with Crippen LogP contribution in [0.15, 0.2) is 30.5 Å². The normalized spacial score (nSPS) is 17.1. The van der Waals surface area contributed by atoms with Crippen LogP contribution in [0.5, 0.6) is 5.75 Å². The molecule has 1 aliphatic rings. The molecule has 0 radical (unpaired) electrons. The van der Waals surface area contributed by atoms with Crippen molar-refractivity contribution in [3.05, 3.63) is 46.7 Å². The number of nitrogens with zero attached hydrogens (tertiary/aromatic N) is 2. The minimum absolute atomic E-state index is 0.0331. The lowest BCUT2D eigenvalue weighted by Gasteiger charge is -2.09. The molecule has 19 heavy (non-hydrogen) atoms. The first-order chi connectivity index (χ1) is 9.22. The molecule has 0 aliphatic carbocycles. The van der Waals surface area contributed by atoms with Crippen molar-refractivity contribution in [3.8, 4) is 5.75 Å². The first kappa shape index (κ1) is 12.2. The van der Waals surface area contributed by atoms with Crippen LogP contribution in [-0.2, 0) is 6.54 Å². The molecule has 0 saturated carbocycles. The summed E-state index contributed by atoms with van der Waals surface area (Å²) in [7, 11) is 0. The molecule has 0 bridgehead atoms. The van der Waals surface area contributed by atoms with E-state index in [9.17, 15) is 4.79 Å². The third-order valence-electron chi connectivity index (χ3n) is 3.34. The van der Waals surface area contributed by atoms with Crippen molar-refractivity contribution in [1.82, 2.24) is 9.78 Å². The molecule has 0 N–H and O–H groups in total. The van der Waals surface area contributed by atoms with Gasteiger partial charge in [0.2, 0.25) is 0 Å². The van der Waals surface area contributed by atoms with Crippen LogP contribution in [-0.4, -0.2) is 22.2 Å². The van der Waals surface area contributed by atoms with Crippen molar-refractivity contribution in [1.29, 1.82) is 0 Å².